The Morgan fingerprint density at radius 2 is 1.63 bits per heavy atom. The summed E-state index contributed by atoms with van der Waals surface area (Å²) in [5.41, 5.74) is 3.62. The minimum absolute atomic E-state index is 0.0224. The normalized spacial score (nSPS) is 10.7. The van der Waals surface area contributed by atoms with E-state index >= 15 is 0 Å². The summed E-state index contributed by atoms with van der Waals surface area (Å²) in [5, 5.41) is 0. The predicted molar refractivity (Wildman–Crippen MR) is 101 cm³/mol. The van der Waals surface area contributed by atoms with E-state index < -0.39 is 0 Å². The minimum Gasteiger partial charge on any atom is -0.485 e. The predicted octanol–water partition coefficient (Wildman–Crippen LogP) is 4.70. The van der Waals surface area contributed by atoms with Crippen molar-refractivity contribution in [3.05, 3.63) is 82.9 Å². The highest BCUT2D eigenvalue weighted by molar-refractivity contribution is 5.99. The number of carbonyl (C=O) groups excluding carboxylic acids is 2. The number of rotatable bonds is 6. The van der Waals surface area contributed by atoms with Crippen LogP contribution in [-0.2, 0) is 0 Å². The molecule has 3 aromatic rings. The van der Waals surface area contributed by atoms with Gasteiger partial charge >= 0.3 is 0 Å². The molecule has 0 amide bonds. The summed E-state index contributed by atoms with van der Waals surface area (Å²) in [7, 11) is 0. The molecule has 0 radical (unpaired) electrons. The van der Waals surface area contributed by atoms with E-state index in [9.17, 15) is 14.0 Å². The van der Waals surface area contributed by atoms with E-state index in [1.165, 1.54) is 19.1 Å². The summed E-state index contributed by atoms with van der Waals surface area (Å²) >= 11 is 0. The number of hydrogen-bond acceptors (Lipinski definition) is 3. The third kappa shape index (κ3) is 3.97. The second-order valence-corrected chi connectivity index (χ2v) is 6.39. The standard InChI is InChI=1S/C22H20FNO3/c1-14-12-21(15(2)24(14)19-8-6-18(23)7-9-19)22(26)13-27-20-10-4-17(5-11-20)16(3)25/h4-12H,13H2,1-3H3. The average Bonchev–Trinajstić information content (AvgIpc) is 2.95. The fourth-order valence-corrected chi connectivity index (χ4v) is 3.05. The number of Topliss-reactive ketones (excluding diaryl/α,β-unsaturated/α-hetero) is 2. The number of carbonyl (C=O) groups is 2. The summed E-state index contributed by atoms with van der Waals surface area (Å²) in [6.07, 6.45) is 0. The maximum Gasteiger partial charge on any atom is 0.202 e. The molecule has 1 heterocycles. The Morgan fingerprint density at radius 3 is 2.22 bits per heavy atom. The number of ketones is 2. The van der Waals surface area contributed by atoms with Gasteiger partial charge in [-0.25, -0.2) is 4.39 Å². The summed E-state index contributed by atoms with van der Waals surface area (Å²) in [5.74, 6) is 0.0559. The summed E-state index contributed by atoms with van der Waals surface area (Å²) in [6.45, 7) is 5.14. The monoisotopic (exact) mass is 365 g/mol. The van der Waals surface area contributed by atoms with E-state index in [4.69, 9.17) is 4.74 Å². The smallest absolute Gasteiger partial charge is 0.202 e. The van der Waals surface area contributed by atoms with E-state index in [1.807, 2.05) is 24.5 Å². The van der Waals surface area contributed by atoms with Crippen LogP contribution in [0.4, 0.5) is 4.39 Å². The highest BCUT2D eigenvalue weighted by Gasteiger charge is 2.17. The van der Waals surface area contributed by atoms with Crippen LogP contribution in [0.25, 0.3) is 5.69 Å². The topological polar surface area (TPSA) is 48.3 Å². The SMILES string of the molecule is CC(=O)c1ccc(OCC(=O)c2cc(C)n(-c3ccc(F)cc3)c2C)cc1. The van der Waals surface area contributed by atoms with Crippen molar-refractivity contribution in [3.8, 4) is 11.4 Å². The zero-order valence-electron chi connectivity index (χ0n) is 15.5. The second-order valence-electron chi connectivity index (χ2n) is 6.39. The molecule has 0 bridgehead atoms. The molecule has 3 rings (SSSR count). The lowest BCUT2D eigenvalue weighted by molar-refractivity contribution is 0.0919. The van der Waals surface area contributed by atoms with Crippen LogP contribution in [0, 0.1) is 19.7 Å². The molecule has 0 spiro atoms. The molecule has 0 atom stereocenters. The first-order valence-corrected chi connectivity index (χ1v) is 8.58. The van der Waals surface area contributed by atoms with Crippen LogP contribution in [0.5, 0.6) is 5.75 Å². The first kappa shape index (κ1) is 18.6. The van der Waals surface area contributed by atoms with Crippen LogP contribution < -0.4 is 4.74 Å². The molecule has 27 heavy (non-hydrogen) atoms. The Labute approximate surface area is 157 Å². The number of benzene rings is 2. The Kier molecular flexibility index (Phi) is 5.21. The number of aryl methyl sites for hydroxylation is 1. The molecule has 0 aliphatic carbocycles. The Morgan fingerprint density at radius 1 is 1.00 bits per heavy atom. The largest absolute Gasteiger partial charge is 0.485 e. The third-order valence-electron chi connectivity index (χ3n) is 4.45. The lowest BCUT2D eigenvalue weighted by atomic mass is 10.1. The van der Waals surface area contributed by atoms with Crippen LogP contribution in [0.2, 0.25) is 0 Å². The summed E-state index contributed by atoms with van der Waals surface area (Å²) in [4.78, 5) is 23.9. The van der Waals surface area contributed by atoms with E-state index in [0.717, 1.165) is 17.1 Å². The van der Waals surface area contributed by atoms with Crippen molar-refractivity contribution in [2.75, 3.05) is 6.61 Å². The molecule has 0 saturated heterocycles. The number of aromatic nitrogens is 1. The van der Waals surface area contributed by atoms with Crippen molar-refractivity contribution in [2.45, 2.75) is 20.8 Å². The quantitative estimate of drug-likeness (QED) is 0.595. The van der Waals surface area contributed by atoms with Crippen LogP contribution >= 0.6 is 0 Å². The van der Waals surface area contributed by atoms with Gasteiger partial charge in [-0.05, 0) is 75.4 Å². The van der Waals surface area contributed by atoms with Gasteiger partial charge in [-0.2, -0.15) is 0 Å². The van der Waals surface area contributed by atoms with E-state index in [0.29, 0.717) is 16.9 Å². The van der Waals surface area contributed by atoms with Crippen molar-refractivity contribution in [1.82, 2.24) is 4.57 Å². The number of ether oxygens (including phenoxy) is 1. The van der Waals surface area contributed by atoms with Crippen LogP contribution in [0.15, 0.2) is 54.6 Å². The van der Waals surface area contributed by atoms with Gasteiger partial charge in [0.05, 0.1) is 0 Å². The molecule has 4 nitrogen and oxygen atoms in total. The van der Waals surface area contributed by atoms with Crippen molar-refractivity contribution in [1.29, 1.82) is 0 Å². The molecule has 5 heteroatoms. The highest BCUT2D eigenvalue weighted by Crippen LogP contribution is 2.22. The summed E-state index contributed by atoms with van der Waals surface area (Å²) < 4.78 is 20.6. The lowest BCUT2D eigenvalue weighted by Gasteiger charge is -2.10. The van der Waals surface area contributed by atoms with Gasteiger partial charge in [-0.15, -0.1) is 0 Å². The molecule has 0 aliphatic rings. The zero-order valence-corrected chi connectivity index (χ0v) is 15.5. The van der Waals surface area contributed by atoms with Crippen molar-refractivity contribution in [2.24, 2.45) is 0 Å². The van der Waals surface area contributed by atoms with E-state index in [-0.39, 0.29) is 24.0 Å². The number of nitrogens with zero attached hydrogens (tertiary/aromatic N) is 1. The molecule has 0 unspecified atom stereocenters. The van der Waals surface area contributed by atoms with Crippen molar-refractivity contribution < 1.29 is 18.7 Å². The molecule has 0 fully saturated rings. The van der Waals surface area contributed by atoms with Gasteiger partial charge in [0.15, 0.2) is 12.4 Å². The zero-order chi connectivity index (χ0) is 19.6. The average molecular weight is 365 g/mol. The fourth-order valence-electron chi connectivity index (χ4n) is 3.05. The van der Waals surface area contributed by atoms with Crippen molar-refractivity contribution in [3.63, 3.8) is 0 Å². The molecule has 0 aliphatic heterocycles. The third-order valence-corrected chi connectivity index (χ3v) is 4.45. The highest BCUT2D eigenvalue weighted by atomic mass is 19.1. The Bertz CT molecular complexity index is 986. The first-order valence-electron chi connectivity index (χ1n) is 8.58. The van der Waals surface area contributed by atoms with E-state index in [2.05, 4.69) is 0 Å². The second kappa shape index (κ2) is 7.58. The molecule has 0 saturated carbocycles. The van der Waals surface area contributed by atoms with E-state index in [1.54, 1.807) is 36.4 Å². The van der Waals surface area contributed by atoms with Gasteiger partial charge in [0.25, 0.3) is 0 Å². The first-order chi connectivity index (χ1) is 12.9. The van der Waals surface area contributed by atoms with Gasteiger partial charge in [0, 0.05) is 28.2 Å². The van der Waals surface area contributed by atoms with Crippen molar-refractivity contribution >= 4 is 11.6 Å². The number of halogens is 1. The van der Waals surface area contributed by atoms with Crippen LogP contribution in [0.3, 0.4) is 0 Å². The van der Waals surface area contributed by atoms with Crippen LogP contribution in [0.1, 0.15) is 39.0 Å². The molecular weight excluding hydrogens is 345 g/mol. The van der Waals surface area contributed by atoms with Gasteiger partial charge in [-0.1, -0.05) is 0 Å². The molecule has 1 aromatic heterocycles. The van der Waals surface area contributed by atoms with Gasteiger partial charge < -0.3 is 9.30 Å². The Hall–Kier alpha value is -3.21. The van der Waals surface area contributed by atoms with Crippen LogP contribution in [-0.4, -0.2) is 22.7 Å². The molecule has 0 N–H and O–H groups in total. The molecular formula is C22H20FNO3. The maximum absolute atomic E-state index is 13.2. The lowest BCUT2D eigenvalue weighted by Crippen LogP contribution is -2.12. The van der Waals surface area contributed by atoms with Gasteiger partial charge in [0.1, 0.15) is 11.6 Å². The van der Waals surface area contributed by atoms with Gasteiger partial charge in [-0.3, -0.25) is 9.59 Å². The number of hydrogen-bond donors (Lipinski definition) is 0. The molecule has 138 valence electrons. The molecule has 2 aromatic carbocycles. The van der Waals surface area contributed by atoms with Gasteiger partial charge in [0.2, 0.25) is 5.78 Å². The summed E-state index contributed by atoms with van der Waals surface area (Å²) in [6, 6.07) is 14.6. The Balaban J connectivity index is 1.76. The maximum atomic E-state index is 13.2. The minimum atomic E-state index is -0.304. The fraction of sp³-hybridized carbons (Fsp3) is 0.182.